The monoisotopic (exact) mass is 319 g/mol. The van der Waals surface area contributed by atoms with E-state index in [1.807, 2.05) is 25.2 Å². The molecule has 3 heteroatoms. The highest BCUT2D eigenvalue weighted by molar-refractivity contribution is 6.31. The minimum Gasteiger partial charge on any atom is -1.00 e. The molecule has 0 amide bonds. The van der Waals surface area contributed by atoms with E-state index in [9.17, 15) is 0 Å². The van der Waals surface area contributed by atoms with Gasteiger partial charge in [-0.05, 0) is 18.2 Å². The molecule has 0 aliphatic carbocycles. The number of fused-ring (bicyclic) bond motifs is 1. The highest BCUT2D eigenvalue weighted by Crippen LogP contribution is 2.16. The standard InChI is InChI=1S/C11H11ClN.HI/c1-8-3-4-9-5-6-10(12)7-11(9)13(8)2;/h3-7H,1-2H3;1H/q+1;/p-1. The lowest BCUT2D eigenvalue weighted by molar-refractivity contribution is -0.651. The summed E-state index contributed by atoms with van der Waals surface area (Å²) in [6, 6.07) is 10.2. The third-order valence-electron chi connectivity index (χ3n) is 2.39. The lowest BCUT2D eigenvalue weighted by atomic mass is 10.2. The summed E-state index contributed by atoms with van der Waals surface area (Å²) >= 11 is 5.93. The van der Waals surface area contributed by atoms with Crippen LogP contribution in [0.3, 0.4) is 0 Å². The van der Waals surface area contributed by atoms with Crippen LogP contribution in [0.5, 0.6) is 0 Å². The number of rotatable bonds is 0. The van der Waals surface area contributed by atoms with Gasteiger partial charge in [0.15, 0.2) is 5.69 Å². The van der Waals surface area contributed by atoms with E-state index in [0.717, 1.165) is 5.02 Å². The predicted molar refractivity (Wildman–Crippen MR) is 54.9 cm³/mol. The lowest BCUT2D eigenvalue weighted by Gasteiger charge is -1.99. The topological polar surface area (TPSA) is 3.88 Å². The molecule has 74 valence electrons. The maximum Gasteiger partial charge on any atom is 0.213 e. The molecule has 0 aliphatic rings. The van der Waals surface area contributed by atoms with Gasteiger partial charge in [0, 0.05) is 29.5 Å². The Morgan fingerprint density at radius 3 is 2.50 bits per heavy atom. The molecule has 0 spiro atoms. The number of hydrogen-bond acceptors (Lipinski definition) is 0. The molecule has 0 unspecified atom stereocenters. The maximum absolute atomic E-state index is 5.93. The van der Waals surface area contributed by atoms with Crippen LogP contribution in [0.1, 0.15) is 5.69 Å². The van der Waals surface area contributed by atoms with Crippen molar-refractivity contribution in [3.63, 3.8) is 0 Å². The molecular weight excluding hydrogens is 308 g/mol. The van der Waals surface area contributed by atoms with Gasteiger partial charge in [0.1, 0.15) is 7.05 Å². The summed E-state index contributed by atoms with van der Waals surface area (Å²) in [5, 5.41) is 2.01. The van der Waals surface area contributed by atoms with Gasteiger partial charge in [0.2, 0.25) is 5.52 Å². The predicted octanol–water partition coefficient (Wildman–Crippen LogP) is -0.370. The van der Waals surface area contributed by atoms with Crippen molar-refractivity contribution >= 4 is 22.5 Å². The van der Waals surface area contributed by atoms with E-state index >= 15 is 0 Å². The van der Waals surface area contributed by atoms with E-state index in [1.54, 1.807) is 0 Å². The molecule has 0 aliphatic heterocycles. The van der Waals surface area contributed by atoms with E-state index in [-0.39, 0.29) is 24.0 Å². The summed E-state index contributed by atoms with van der Waals surface area (Å²) in [5.41, 5.74) is 2.40. The summed E-state index contributed by atoms with van der Waals surface area (Å²) in [6.45, 7) is 2.08. The van der Waals surface area contributed by atoms with Crippen LogP contribution in [0, 0.1) is 6.92 Å². The number of pyridine rings is 1. The van der Waals surface area contributed by atoms with E-state index in [1.165, 1.54) is 16.6 Å². The van der Waals surface area contributed by atoms with Gasteiger partial charge in [-0.2, -0.15) is 4.57 Å². The average molecular weight is 320 g/mol. The molecule has 1 nitrogen and oxygen atoms in total. The first-order valence-electron chi connectivity index (χ1n) is 4.23. The third-order valence-corrected chi connectivity index (χ3v) is 2.62. The maximum atomic E-state index is 5.93. The minimum absolute atomic E-state index is 0. The fourth-order valence-corrected chi connectivity index (χ4v) is 1.63. The zero-order chi connectivity index (χ0) is 9.42. The average Bonchev–Trinajstić information content (AvgIpc) is 2.12. The first-order chi connectivity index (χ1) is 6.18. The van der Waals surface area contributed by atoms with Gasteiger partial charge in [-0.3, -0.25) is 0 Å². The van der Waals surface area contributed by atoms with Crippen LogP contribution in [-0.4, -0.2) is 0 Å². The van der Waals surface area contributed by atoms with E-state index in [0.29, 0.717) is 0 Å². The van der Waals surface area contributed by atoms with Gasteiger partial charge in [-0.1, -0.05) is 11.6 Å². The summed E-state index contributed by atoms with van der Waals surface area (Å²) in [6.07, 6.45) is 0. The summed E-state index contributed by atoms with van der Waals surface area (Å²) in [7, 11) is 2.05. The Hall–Kier alpha value is -0.350. The van der Waals surface area contributed by atoms with Crippen LogP contribution in [0.2, 0.25) is 5.02 Å². The van der Waals surface area contributed by atoms with Crippen molar-refractivity contribution in [3.05, 3.63) is 41.0 Å². The van der Waals surface area contributed by atoms with Crippen molar-refractivity contribution in [1.29, 1.82) is 0 Å². The van der Waals surface area contributed by atoms with E-state index < -0.39 is 0 Å². The number of benzene rings is 1. The summed E-state index contributed by atoms with van der Waals surface area (Å²) in [5.74, 6) is 0. The van der Waals surface area contributed by atoms with Crippen LogP contribution in [0.25, 0.3) is 10.9 Å². The molecule has 0 fully saturated rings. The second-order valence-corrected chi connectivity index (χ2v) is 3.67. The Morgan fingerprint density at radius 2 is 1.79 bits per heavy atom. The smallest absolute Gasteiger partial charge is 0.213 e. The molecule has 14 heavy (non-hydrogen) atoms. The zero-order valence-electron chi connectivity index (χ0n) is 8.09. The zero-order valence-corrected chi connectivity index (χ0v) is 11.0. The Balaban J connectivity index is 0.000000980. The van der Waals surface area contributed by atoms with Crippen LogP contribution >= 0.6 is 11.6 Å². The van der Waals surface area contributed by atoms with Crippen molar-refractivity contribution in [2.75, 3.05) is 0 Å². The van der Waals surface area contributed by atoms with Gasteiger partial charge in [0.25, 0.3) is 0 Å². The summed E-state index contributed by atoms with van der Waals surface area (Å²) < 4.78 is 2.14. The highest BCUT2D eigenvalue weighted by atomic mass is 127. The molecule has 0 bridgehead atoms. The van der Waals surface area contributed by atoms with Crippen molar-refractivity contribution in [2.45, 2.75) is 6.92 Å². The SMILES string of the molecule is Cc1ccc2ccc(Cl)cc2[n+]1C.[I-]. The second-order valence-electron chi connectivity index (χ2n) is 3.24. The molecule has 0 N–H and O–H groups in total. The second kappa shape index (κ2) is 4.45. The number of hydrogen-bond donors (Lipinski definition) is 0. The Bertz CT molecular complexity index is 463. The molecular formula is C11H11ClIN. The molecule has 2 aromatic rings. The van der Waals surface area contributed by atoms with Crippen molar-refractivity contribution < 1.29 is 28.5 Å². The van der Waals surface area contributed by atoms with E-state index in [2.05, 4.69) is 23.6 Å². The molecule has 1 aromatic heterocycles. The quantitative estimate of drug-likeness (QED) is 0.461. The van der Waals surface area contributed by atoms with Crippen LogP contribution in [0.4, 0.5) is 0 Å². The third kappa shape index (κ3) is 2.01. The van der Waals surface area contributed by atoms with Gasteiger partial charge in [-0.25, -0.2) is 0 Å². The molecule has 0 radical (unpaired) electrons. The van der Waals surface area contributed by atoms with Crippen LogP contribution in [-0.2, 0) is 7.05 Å². The Kier molecular flexibility index (Phi) is 3.72. The molecule has 0 atom stereocenters. The lowest BCUT2D eigenvalue weighted by Crippen LogP contribution is -3.00. The Labute approximate surface area is 106 Å². The molecule has 0 saturated carbocycles. The molecule has 0 saturated heterocycles. The largest absolute Gasteiger partial charge is 1.00 e. The van der Waals surface area contributed by atoms with Gasteiger partial charge in [0.05, 0.1) is 0 Å². The number of halogens is 2. The molecule has 2 rings (SSSR count). The molecule has 1 aromatic carbocycles. The van der Waals surface area contributed by atoms with Crippen LogP contribution < -0.4 is 28.5 Å². The normalized spacial score (nSPS) is 9.93. The fraction of sp³-hybridized carbons (Fsp3) is 0.182. The highest BCUT2D eigenvalue weighted by Gasteiger charge is 2.07. The number of nitrogens with zero attached hydrogens (tertiary/aromatic N) is 1. The minimum atomic E-state index is 0. The summed E-state index contributed by atoms with van der Waals surface area (Å²) in [4.78, 5) is 0. The van der Waals surface area contributed by atoms with Crippen molar-refractivity contribution in [1.82, 2.24) is 0 Å². The number of aryl methyl sites for hydroxylation is 2. The fourth-order valence-electron chi connectivity index (χ4n) is 1.46. The van der Waals surface area contributed by atoms with Gasteiger partial charge >= 0.3 is 0 Å². The molecule has 1 heterocycles. The Morgan fingerprint density at radius 1 is 1.14 bits per heavy atom. The first kappa shape index (κ1) is 11.7. The van der Waals surface area contributed by atoms with Crippen molar-refractivity contribution in [2.24, 2.45) is 7.05 Å². The van der Waals surface area contributed by atoms with Gasteiger partial charge < -0.3 is 24.0 Å². The van der Waals surface area contributed by atoms with Gasteiger partial charge in [-0.15, -0.1) is 0 Å². The van der Waals surface area contributed by atoms with Crippen molar-refractivity contribution in [3.8, 4) is 0 Å². The number of aromatic nitrogens is 1. The first-order valence-corrected chi connectivity index (χ1v) is 4.61. The van der Waals surface area contributed by atoms with Crippen LogP contribution in [0.15, 0.2) is 30.3 Å². The van der Waals surface area contributed by atoms with E-state index in [4.69, 9.17) is 11.6 Å².